The van der Waals surface area contributed by atoms with Gasteiger partial charge in [-0.25, -0.2) is 0 Å². The molecule has 1 amide bonds. The molecule has 16 heavy (non-hydrogen) atoms. The number of nitrogen functional groups attached to an aromatic ring is 1. The molecule has 0 atom stereocenters. The lowest BCUT2D eigenvalue weighted by Gasteiger charge is -2.11. The lowest BCUT2D eigenvalue weighted by atomic mass is 10.1. The molecule has 86 valence electrons. The van der Waals surface area contributed by atoms with Crippen molar-refractivity contribution in [1.82, 2.24) is 10.3 Å². The fourth-order valence-corrected chi connectivity index (χ4v) is 1.56. The maximum Gasteiger partial charge on any atom is 0.253 e. The molecule has 4 heteroatoms. The molecule has 0 saturated heterocycles. The second-order valence-corrected chi connectivity index (χ2v) is 4.89. The van der Waals surface area contributed by atoms with E-state index in [2.05, 4.69) is 17.2 Å². The van der Waals surface area contributed by atoms with Crippen molar-refractivity contribution in [2.75, 3.05) is 12.3 Å². The minimum absolute atomic E-state index is 0.0783. The Morgan fingerprint density at radius 2 is 2.31 bits per heavy atom. The molecule has 2 rings (SSSR count). The van der Waals surface area contributed by atoms with Crippen LogP contribution in [0.1, 0.15) is 35.8 Å². The van der Waals surface area contributed by atoms with E-state index in [1.807, 2.05) is 6.92 Å². The number of hydrogen-bond donors (Lipinski definition) is 2. The zero-order valence-corrected chi connectivity index (χ0v) is 9.71. The largest absolute Gasteiger partial charge is 0.397 e. The number of rotatable bonds is 3. The lowest BCUT2D eigenvalue weighted by molar-refractivity contribution is 0.0945. The predicted molar refractivity (Wildman–Crippen MR) is 63.1 cm³/mol. The van der Waals surface area contributed by atoms with Crippen LogP contribution in [-0.4, -0.2) is 17.4 Å². The van der Waals surface area contributed by atoms with Gasteiger partial charge in [0.15, 0.2) is 0 Å². The smallest absolute Gasteiger partial charge is 0.253 e. The Balaban J connectivity index is 2.05. The van der Waals surface area contributed by atoms with E-state index in [4.69, 9.17) is 5.73 Å². The summed E-state index contributed by atoms with van der Waals surface area (Å²) < 4.78 is 0. The summed E-state index contributed by atoms with van der Waals surface area (Å²) in [6.07, 6.45) is 3.96. The van der Waals surface area contributed by atoms with Gasteiger partial charge in [-0.1, -0.05) is 6.92 Å². The number of aromatic nitrogens is 1. The minimum atomic E-state index is -0.0783. The molecule has 3 N–H and O–H groups in total. The summed E-state index contributed by atoms with van der Waals surface area (Å²) >= 11 is 0. The SMILES string of the molecule is Cc1ncc(N)cc1C(=O)NCC1(C)CC1. The van der Waals surface area contributed by atoms with Crippen molar-refractivity contribution in [2.45, 2.75) is 26.7 Å². The Kier molecular flexibility index (Phi) is 2.58. The third-order valence-corrected chi connectivity index (χ3v) is 3.13. The van der Waals surface area contributed by atoms with Crippen LogP contribution in [0, 0.1) is 12.3 Å². The first-order valence-electron chi connectivity index (χ1n) is 5.50. The molecule has 0 aromatic carbocycles. The summed E-state index contributed by atoms with van der Waals surface area (Å²) in [7, 11) is 0. The average molecular weight is 219 g/mol. The van der Waals surface area contributed by atoms with Gasteiger partial charge in [-0.15, -0.1) is 0 Å². The van der Waals surface area contributed by atoms with Gasteiger partial charge in [0, 0.05) is 6.54 Å². The van der Waals surface area contributed by atoms with E-state index < -0.39 is 0 Å². The maximum atomic E-state index is 11.9. The number of nitrogens with zero attached hydrogens (tertiary/aromatic N) is 1. The van der Waals surface area contributed by atoms with E-state index >= 15 is 0 Å². The van der Waals surface area contributed by atoms with E-state index in [1.165, 1.54) is 12.8 Å². The van der Waals surface area contributed by atoms with Gasteiger partial charge in [-0.05, 0) is 31.2 Å². The number of nitrogens with one attached hydrogen (secondary N) is 1. The van der Waals surface area contributed by atoms with Crippen molar-refractivity contribution in [1.29, 1.82) is 0 Å². The van der Waals surface area contributed by atoms with Crippen LogP contribution in [0.25, 0.3) is 0 Å². The van der Waals surface area contributed by atoms with Crippen LogP contribution in [0.15, 0.2) is 12.3 Å². The standard InChI is InChI=1S/C12H17N3O/c1-8-10(5-9(13)6-14-8)11(16)15-7-12(2)3-4-12/h5-6H,3-4,7,13H2,1-2H3,(H,15,16). The molecule has 0 unspecified atom stereocenters. The Hall–Kier alpha value is -1.58. The number of hydrogen-bond acceptors (Lipinski definition) is 3. The number of carbonyl (C=O) groups is 1. The average Bonchev–Trinajstić information content (AvgIpc) is 2.97. The molecule has 0 spiro atoms. The summed E-state index contributed by atoms with van der Waals surface area (Å²) in [4.78, 5) is 16.0. The predicted octanol–water partition coefficient (Wildman–Crippen LogP) is 1.50. The molecular formula is C12H17N3O. The third kappa shape index (κ3) is 2.32. The number of anilines is 1. The molecule has 1 heterocycles. The van der Waals surface area contributed by atoms with Crippen molar-refractivity contribution in [3.05, 3.63) is 23.5 Å². The molecule has 1 aliphatic carbocycles. The van der Waals surface area contributed by atoms with Crippen LogP contribution >= 0.6 is 0 Å². The quantitative estimate of drug-likeness (QED) is 0.809. The van der Waals surface area contributed by atoms with Crippen molar-refractivity contribution >= 4 is 11.6 Å². The van der Waals surface area contributed by atoms with Crippen molar-refractivity contribution < 1.29 is 4.79 Å². The molecule has 1 aromatic heterocycles. The Morgan fingerprint density at radius 1 is 1.62 bits per heavy atom. The Bertz CT molecular complexity index is 424. The molecule has 1 fully saturated rings. The number of pyridine rings is 1. The monoisotopic (exact) mass is 219 g/mol. The molecule has 1 aromatic rings. The molecule has 0 aliphatic heterocycles. The number of amides is 1. The van der Waals surface area contributed by atoms with Gasteiger partial charge in [-0.3, -0.25) is 9.78 Å². The van der Waals surface area contributed by atoms with Gasteiger partial charge < -0.3 is 11.1 Å². The Labute approximate surface area is 95.3 Å². The van der Waals surface area contributed by atoms with Gasteiger partial charge in [0.25, 0.3) is 5.91 Å². The number of nitrogens with two attached hydrogens (primary N) is 1. The van der Waals surface area contributed by atoms with Gasteiger partial charge in [0.2, 0.25) is 0 Å². The fourth-order valence-electron chi connectivity index (χ4n) is 1.56. The third-order valence-electron chi connectivity index (χ3n) is 3.13. The van der Waals surface area contributed by atoms with E-state index in [9.17, 15) is 4.79 Å². The van der Waals surface area contributed by atoms with Crippen molar-refractivity contribution in [3.8, 4) is 0 Å². The minimum Gasteiger partial charge on any atom is -0.397 e. The van der Waals surface area contributed by atoms with E-state index in [0.29, 0.717) is 22.4 Å². The highest BCUT2D eigenvalue weighted by atomic mass is 16.1. The zero-order valence-electron chi connectivity index (χ0n) is 9.71. The molecule has 1 saturated carbocycles. The van der Waals surface area contributed by atoms with Crippen LogP contribution in [-0.2, 0) is 0 Å². The second-order valence-electron chi connectivity index (χ2n) is 4.89. The van der Waals surface area contributed by atoms with Crippen LogP contribution in [0.5, 0.6) is 0 Å². The summed E-state index contributed by atoms with van der Waals surface area (Å²) in [5, 5.41) is 2.93. The van der Waals surface area contributed by atoms with E-state index in [1.54, 1.807) is 12.3 Å². The number of aryl methyl sites for hydroxylation is 1. The van der Waals surface area contributed by atoms with Crippen LogP contribution in [0.3, 0.4) is 0 Å². The summed E-state index contributed by atoms with van der Waals surface area (Å²) in [5.41, 5.74) is 7.74. The highest BCUT2D eigenvalue weighted by molar-refractivity contribution is 5.95. The van der Waals surface area contributed by atoms with Gasteiger partial charge in [0.1, 0.15) is 0 Å². The number of carbonyl (C=O) groups excluding carboxylic acids is 1. The molecule has 0 radical (unpaired) electrons. The summed E-state index contributed by atoms with van der Waals surface area (Å²) in [5.74, 6) is -0.0783. The highest BCUT2D eigenvalue weighted by Gasteiger charge is 2.37. The van der Waals surface area contributed by atoms with Crippen molar-refractivity contribution in [2.24, 2.45) is 5.41 Å². The molecule has 4 nitrogen and oxygen atoms in total. The maximum absolute atomic E-state index is 11.9. The van der Waals surface area contributed by atoms with E-state index in [-0.39, 0.29) is 5.91 Å². The normalized spacial score (nSPS) is 16.9. The molecular weight excluding hydrogens is 202 g/mol. The fraction of sp³-hybridized carbons (Fsp3) is 0.500. The first-order chi connectivity index (χ1) is 7.50. The topological polar surface area (TPSA) is 68.0 Å². The first-order valence-corrected chi connectivity index (χ1v) is 5.50. The first kappa shape index (κ1) is 10.9. The van der Waals surface area contributed by atoms with Gasteiger partial charge >= 0.3 is 0 Å². The van der Waals surface area contributed by atoms with Crippen LogP contribution in [0.2, 0.25) is 0 Å². The van der Waals surface area contributed by atoms with Crippen LogP contribution in [0.4, 0.5) is 5.69 Å². The summed E-state index contributed by atoms with van der Waals surface area (Å²) in [6.45, 7) is 4.73. The van der Waals surface area contributed by atoms with E-state index in [0.717, 1.165) is 6.54 Å². The Morgan fingerprint density at radius 3 is 2.94 bits per heavy atom. The van der Waals surface area contributed by atoms with Gasteiger partial charge in [0.05, 0.1) is 23.1 Å². The zero-order chi connectivity index (χ0) is 11.8. The molecule has 0 bridgehead atoms. The van der Waals surface area contributed by atoms with Gasteiger partial charge in [-0.2, -0.15) is 0 Å². The summed E-state index contributed by atoms with van der Waals surface area (Å²) in [6, 6.07) is 1.67. The second kappa shape index (κ2) is 3.77. The lowest BCUT2D eigenvalue weighted by Crippen LogP contribution is -2.29. The van der Waals surface area contributed by atoms with Crippen LogP contribution < -0.4 is 11.1 Å². The molecule has 1 aliphatic rings. The highest BCUT2D eigenvalue weighted by Crippen LogP contribution is 2.44. The van der Waals surface area contributed by atoms with Crippen molar-refractivity contribution in [3.63, 3.8) is 0 Å².